The molecule has 1 aromatic carbocycles. The molecule has 0 aliphatic carbocycles. The molecule has 0 unspecified atom stereocenters. The lowest BCUT2D eigenvalue weighted by Gasteiger charge is -2.08. The monoisotopic (exact) mass is 271 g/mol. The fourth-order valence-electron chi connectivity index (χ4n) is 1.38. The zero-order valence-corrected chi connectivity index (χ0v) is 11.2. The number of aliphatic carboxylic acids is 1. The minimum absolute atomic E-state index is 0.119. The first-order valence-electron chi connectivity index (χ1n) is 5.59. The third kappa shape index (κ3) is 3.82. The fraction of sp³-hybridized carbons (Fsp3) is 0.417. The van der Waals surface area contributed by atoms with Crippen LogP contribution in [0.3, 0.4) is 0 Å². The predicted molar refractivity (Wildman–Crippen MR) is 68.1 cm³/mol. The Kier molecular flexibility index (Phi) is 4.86. The predicted octanol–water partition coefficient (Wildman–Crippen LogP) is 1.04. The molecule has 0 atom stereocenters. The Hall–Kier alpha value is -1.40. The third-order valence-electron chi connectivity index (χ3n) is 2.48. The normalized spacial score (nSPS) is 11.7. The lowest BCUT2D eigenvalue weighted by atomic mass is 10.2. The summed E-state index contributed by atoms with van der Waals surface area (Å²) >= 11 is 0. The van der Waals surface area contributed by atoms with Gasteiger partial charge in [0.2, 0.25) is 0 Å². The summed E-state index contributed by atoms with van der Waals surface area (Å²) in [7, 11) is -3.24. The van der Waals surface area contributed by atoms with Gasteiger partial charge in [-0.05, 0) is 31.5 Å². The largest absolute Gasteiger partial charge is 0.480 e. The van der Waals surface area contributed by atoms with E-state index in [2.05, 4.69) is 5.32 Å². The molecule has 0 aromatic heterocycles. The molecule has 1 rings (SSSR count). The lowest BCUT2D eigenvalue weighted by Crippen LogP contribution is -2.21. The molecule has 0 saturated heterocycles. The number of hydrogen-bond donors (Lipinski definition) is 2. The summed E-state index contributed by atoms with van der Waals surface area (Å²) in [5.41, 5.74) is 0.846. The van der Waals surface area contributed by atoms with Crippen molar-refractivity contribution in [1.82, 2.24) is 5.32 Å². The summed E-state index contributed by atoms with van der Waals surface area (Å²) in [6.07, 6.45) is 0. The molecule has 0 spiro atoms. The number of benzene rings is 1. The summed E-state index contributed by atoms with van der Waals surface area (Å²) < 4.78 is 23.7. The number of carboxylic acids is 1. The van der Waals surface area contributed by atoms with Crippen LogP contribution in [0, 0.1) is 0 Å². The molecule has 0 aliphatic heterocycles. The van der Waals surface area contributed by atoms with Crippen LogP contribution in [-0.2, 0) is 21.2 Å². The standard InChI is InChI=1S/C12H17NO4S/c1-9(2)18(16,17)11-5-3-10(4-6-11)7-13-8-12(14)15/h3-6,9,13H,7-8H2,1-2H3,(H,14,15). The Morgan fingerprint density at radius 3 is 2.28 bits per heavy atom. The molecule has 0 saturated carbocycles. The molecular formula is C12H17NO4S. The van der Waals surface area contributed by atoms with Crippen molar-refractivity contribution in [2.24, 2.45) is 0 Å². The Morgan fingerprint density at radius 2 is 1.83 bits per heavy atom. The highest BCUT2D eigenvalue weighted by molar-refractivity contribution is 7.92. The van der Waals surface area contributed by atoms with Gasteiger partial charge in [0.25, 0.3) is 0 Å². The molecule has 100 valence electrons. The average molecular weight is 271 g/mol. The number of carbonyl (C=O) groups is 1. The van der Waals surface area contributed by atoms with E-state index in [1.54, 1.807) is 38.1 Å². The van der Waals surface area contributed by atoms with Gasteiger partial charge in [-0.2, -0.15) is 0 Å². The molecule has 0 heterocycles. The van der Waals surface area contributed by atoms with E-state index in [9.17, 15) is 13.2 Å². The summed E-state index contributed by atoms with van der Waals surface area (Å²) in [6.45, 7) is 3.55. The van der Waals surface area contributed by atoms with Crippen LogP contribution in [0.4, 0.5) is 0 Å². The Morgan fingerprint density at radius 1 is 1.28 bits per heavy atom. The molecule has 0 amide bonds. The van der Waals surface area contributed by atoms with Gasteiger partial charge in [0.15, 0.2) is 9.84 Å². The first-order chi connectivity index (χ1) is 8.34. The van der Waals surface area contributed by atoms with Crippen molar-refractivity contribution < 1.29 is 18.3 Å². The molecule has 0 radical (unpaired) electrons. The lowest BCUT2D eigenvalue weighted by molar-refractivity contribution is -0.135. The molecule has 0 bridgehead atoms. The van der Waals surface area contributed by atoms with E-state index in [0.717, 1.165) is 5.56 Å². The van der Waals surface area contributed by atoms with Crippen LogP contribution >= 0.6 is 0 Å². The topological polar surface area (TPSA) is 83.5 Å². The van der Waals surface area contributed by atoms with E-state index in [1.165, 1.54) is 0 Å². The minimum Gasteiger partial charge on any atom is -0.480 e. The van der Waals surface area contributed by atoms with Crippen LogP contribution in [0.15, 0.2) is 29.2 Å². The van der Waals surface area contributed by atoms with Gasteiger partial charge in [0.05, 0.1) is 16.7 Å². The molecule has 0 fully saturated rings. The molecule has 18 heavy (non-hydrogen) atoms. The quantitative estimate of drug-likeness (QED) is 0.807. The molecule has 2 N–H and O–H groups in total. The fourth-order valence-corrected chi connectivity index (χ4v) is 2.44. The number of carboxylic acid groups (broad SMARTS) is 1. The first-order valence-corrected chi connectivity index (χ1v) is 7.14. The third-order valence-corrected chi connectivity index (χ3v) is 4.65. The Labute approximate surface area is 107 Å². The van der Waals surface area contributed by atoms with Gasteiger partial charge in [-0.1, -0.05) is 12.1 Å². The summed E-state index contributed by atoms with van der Waals surface area (Å²) in [6, 6.07) is 6.47. The Balaban J connectivity index is 2.72. The van der Waals surface area contributed by atoms with Crippen molar-refractivity contribution in [2.45, 2.75) is 30.5 Å². The van der Waals surface area contributed by atoms with Gasteiger partial charge in [-0.3, -0.25) is 4.79 Å². The van der Waals surface area contributed by atoms with Gasteiger partial charge in [-0.15, -0.1) is 0 Å². The SMILES string of the molecule is CC(C)S(=O)(=O)c1ccc(CNCC(=O)O)cc1. The molecule has 0 aliphatic rings. The van der Waals surface area contributed by atoms with Crippen LogP contribution in [0.5, 0.6) is 0 Å². The van der Waals surface area contributed by atoms with Crippen molar-refractivity contribution in [3.63, 3.8) is 0 Å². The van der Waals surface area contributed by atoms with Crippen molar-refractivity contribution in [2.75, 3.05) is 6.54 Å². The Bertz CT molecular complexity index is 505. The van der Waals surface area contributed by atoms with Crippen molar-refractivity contribution in [3.8, 4) is 0 Å². The van der Waals surface area contributed by atoms with Gasteiger partial charge in [-0.25, -0.2) is 8.42 Å². The number of nitrogens with one attached hydrogen (secondary N) is 1. The minimum atomic E-state index is -3.24. The molecular weight excluding hydrogens is 254 g/mol. The van der Waals surface area contributed by atoms with Gasteiger partial charge >= 0.3 is 5.97 Å². The zero-order chi connectivity index (χ0) is 13.8. The number of rotatable bonds is 6. The van der Waals surface area contributed by atoms with Crippen LogP contribution in [0.2, 0.25) is 0 Å². The first kappa shape index (κ1) is 14.7. The summed E-state index contributed by atoms with van der Waals surface area (Å²) in [5.74, 6) is -0.922. The second-order valence-electron chi connectivity index (χ2n) is 4.24. The summed E-state index contributed by atoms with van der Waals surface area (Å²) in [4.78, 5) is 10.6. The van der Waals surface area contributed by atoms with Gasteiger partial charge < -0.3 is 10.4 Å². The van der Waals surface area contributed by atoms with Crippen molar-refractivity contribution in [3.05, 3.63) is 29.8 Å². The molecule has 5 nitrogen and oxygen atoms in total. The van der Waals surface area contributed by atoms with Crippen LogP contribution in [-0.4, -0.2) is 31.3 Å². The maximum Gasteiger partial charge on any atom is 0.317 e. The molecule has 1 aromatic rings. The van der Waals surface area contributed by atoms with Crippen molar-refractivity contribution >= 4 is 15.8 Å². The van der Waals surface area contributed by atoms with E-state index in [0.29, 0.717) is 11.4 Å². The molecule has 6 heteroatoms. The van der Waals surface area contributed by atoms with E-state index >= 15 is 0 Å². The van der Waals surface area contributed by atoms with E-state index in [-0.39, 0.29) is 6.54 Å². The van der Waals surface area contributed by atoms with Gasteiger partial charge in [0.1, 0.15) is 0 Å². The van der Waals surface area contributed by atoms with Crippen LogP contribution < -0.4 is 5.32 Å². The van der Waals surface area contributed by atoms with E-state index in [1.807, 2.05) is 0 Å². The highest BCUT2D eigenvalue weighted by Crippen LogP contribution is 2.16. The zero-order valence-electron chi connectivity index (χ0n) is 10.4. The van der Waals surface area contributed by atoms with Crippen molar-refractivity contribution in [1.29, 1.82) is 0 Å². The van der Waals surface area contributed by atoms with E-state index in [4.69, 9.17) is 5.11 Å². The highest BCUT2D eigenvalue weighted by Gasteiger charge is 2.18. The number of hydrogen-bond acceptors (Lipinski definition) is 4. The maximum absolute atomic E-state index is 11.9. The smallest absolute Gasteiger partial charge is 0.317 e. The van der Waals surface area contributed by atoms with Crippen LogP contribution in [0.25, 0.3) is 0 Å². The van der Waals surface area contributed by atoms with Crippen LogP contribution in [0.1, 0.15) is 19.4 Å². The second kappa shape index (κ2) is 5.97. The maximum atomic E-state index is 11.9. The average Bonchev–Trinajstić information content (AvgIpc) is 2.29. The van der Waals surface area contributed by atoms with Gasteiger partial charge in [0, 0.05) is 6.54 Å². The second-order valence-corrected chi connectivity index (χ2v) is 6.74. The van der Waals surface area contributed by atoms with E-state index < -0.39 is 21.1 Å². The summed E-state index contributed by atoms with van der Waals surface area (Å²) in [5, 5.41) is 10.7. The number of sulfone groups is 1. The highest BCUT2D eigenvalue weighted by atomic mass is 32.2.